The lowest BCUT2D eigenvalue weighted by molar-refractivity contribution is 0.0161. The number of amides is 2. The van der Waals surface area contributed by atoms with E-state index in [1.54, 1.807) is 11.0 Å². The molecule has 0 aromatic carbocycles. The van der Waals surface area contributed by atoms with Crippen molar-refractivity contribution in [3.8, 4) is 10.6 Å². The van der Waals surface area contributed by atoms with Gasteiger partial charge in [-0.1, -0.05) is 11.2 Å². The second-order valence-electron chi connectivity index (χ2n) is 8.03. The third-order valence-electron chi connectivity index (χ3n) is 4.52. The summed E-state index contributed by atoms with van der Waals surface area (Å²) in [4.78, 5) is 27.2. The minimum absolute atomic E-state index is 0.244. The molecule has 2 aromatic rings. The number of thiophene rings is 1. The summed E-state index contributed by atoms with van der Waals surface area (Å²) in [6.07, 6.45) is 2.54. The molecule has 0 bridgehead atoms. The number of likely N-dealkylation sites (tertiary alicyclic amines) is 1. The Bertz CT molecular complexity index is 795. The Hall–Kier alpha value is -2.35. The molecule has 1 aliphatic heterocycles. The van der Waals surface area contributed by atoms with Gasteiger partial charge >= 0.3 is 6.09 Å². The van der Waals surface area contributed by atoms with Crippen LogP contribution in [0.25, 0.3) is 10.6 Å². The molecule has 0 radical (unpaired) electrons. The first kappa shape index (κ1) is 20.4. The average Bonchev–Trinajstić information content (AvgIpc) is 3.32. The van der Waals surface area contributed by atoms with E-state index in [0.717, 1.165) is 30.7 Å². The van der Waals surface area contributed by atoms with Crippen molar-refractivity contribution in [2.75, 3.05) is 19.6 Å². The van der Waals surface area contributed by atoms with Gasteiger partial charge in [-0.25, -0.2) is 4.79 Å². The zero-order chi connectivity index (χ0) is 20.1. The van der Waals surface area contributed by atoms with Crippen molar-refractivity contribution in [2.24, 2.45) is 5.92 Å². The lowest BCUT2D eigenvalue weighted by Gasteiger charge is -2.34. The molecule has 1 aliphatic rings. The fourth-order valence-corrected chi connectivity index (χ4v) is 3.86. The van der Waals surface area contributed by atoms with Crippen LogP contribution in [0.4, 0.5) is 4.79 Å². The summed E-state index contributed by atoms with van der Waals surface area (Å²) in [6, 6.07) is 5.51. The van der Waals surface area contributed by atoms with Crippen LogP contribution in [0.2, 0.25) is 0 Å². The third-order valence-corrected chi connectivity index (χ3v) is 5.40. The second kappa shape index (κ2) is 8.77. The number of aromatic nitrogens is 1. The molecule has 152 valence electrons. The van der Waals surface area contributed by atoms with Crippen LogP contribution in [-0.2, 0) is 4.74 Å². The van der Waals surface area contributed by atoms with Gasteiger partial charge in [-0.3, -0.25) is 4.79 Å². The number of rotatable bonds is 5. The lowest BCUT2D eigenvalue weighted by Crippen LogP contribution is -2.43. The van der Waals surface area contributed by atoms with Crippen molar-refractivity contribution in [2.45, 2.75) is 45.6 Å². The van der Waals surface area contributed by atoms with Crippen LogP contribution in [0.5, 0.6) is 0 Å². The summed E-state index contributed by atoms with van der Waals surface area (Å²) in [6.45, 7) is 7.53. The minimum atomic E-state index is -0.489. The Morgan fingerprint density at radius 1 is 1.43 bits per heavy atom. The van der Waals surface area contributed by atoms with E-state index < -0.39 is 5.60 Å². The topological polar surface area (TPSA) is 84.7 Å². The Kier molecular flexibility index (Phi) is 6.39. The molecule has 0 saturated carbocycles. The molecule has 1 N–H and O–H groups in total. The lowest BCUT2D eigenvalue weighted by atomic mass is 9.95. The van der Waals surface area contributed by atoms with Crippen LogP contribution in [0.15, 0.2) is 28.1 Å². The number of carbonyl (C=O) groups excluding carboxylic acids is 2. The first-order valence-corrected chi connectivity index (χ1v) is 10.5. The summed E-state index contributed by atoms with van der Waals surface area (Å²) in [5.41, 5.74) is -0.209. The molecular weight excluding hydrogens is 378 g/mol. The number of carbonyl (C=O) groups is 2. The van der Waals surface area contributed by atoms with Gasteiger partial charge in [0, 0.05) is 25.7 Å². The van der Waals surface area contributed by atoms with E-state index in [1.807, 2.05) is 38.3 Å². The third kappa shape index (κ3) is 5.58. The van der Waals surface area contributed by atoms with E-state index in [-0.39, 0.29) is 17.7 Å². The standard InChI is InChI=1S/C20H27N3O4S/c1-20(2,3)26-19(25)23-10-4-6-14(13-23)8-9-21-18(24)15-12-16(27-22-15)17-7-5-11-28-17/h5,7,11-12,14H,4,6,8-10,13H2,1-3H3,(H,21,24). The van der Waals surface area contributed by atoms with Gasteiger partial charge in [-0.15, -0.1) is 11.3 Å². The summed E-state index contributed by atoms with van der Waals surface area (Å²) in [7, 11) is 0. The molecule has 28 heavy (non-hydrogen) atoms. The van der Waals surface area contributed by atoms with E-state index in [2.05, 4.69) is 10.5 Å². The van der Waals surface area contributed by atoms with Crippen LogP contribution in [0, 0.1) is 5.92 Å². The largest absolute Gasteiger partial charge is 0.444 e. The maximum atomic E-state index is 12.3. The summed E-state index contributed by atoms with van der Waals surface area (Å²) in [5, 5.41) is 8.70. The molecule has 1 unspecified atom stereocenters. The first-order chi connectivity index (χ1) is 13.3. The van der Waals surface area contributed by atoms with E-state index in [0.29, 0.717) is 24.8 Å². The van der Waals surface area contributed by atoms with Crippen LogP contribution < -0.4 is 5.32 Å². The molecule has 3 heterocycles. The van der Waals surface area contributed by atoms with Gasteiger partial charge < -0.3 is 19.5 Å². The maximum absolute atomic E-state index is 12.3. The first-order valence-electron chi connectivity index (χ1n) is 9.58. The second-order valence-corrected chi connectivity index (χ2v) is 8.98. The Morgan fingerprint density at radius 3 is 2.96 bits per heavy atom. The number of ether oxygens (including phenoxy) is 1. The summed E-state index contributed by atoms with van der Waals surface area (Å²) in [5.74, 6) is 0.701. The zero-order valence-corrected chi connectivity index (χ0v) is 17.4. The SMILES string of the molecule is CC(C)(C)OC(=O)N1CCCC(CCNC(=O)c2cc(-c3cccs3)on2)C1. The fourth-order valence-electron chi connectivity index (χ4n) is 3.19. The molecule has 1 fully saturated rings. The van der Waals surface area contributed by atoms with Crippen molar-refractivity contribution < 1.29 is 18.8 Å². The highest BCUT2D eigenvalue weighted by Crippen LogP contribution is 2.25. The molecule has 7 nitrogen and oxygen atoms in total. The predicted octanol–water partition coefficient (Wildman–Crippen LogP) is 4.17. The van der Waals surface area contributed by atoms with Gasteiger partial charge in [-0.05, 0) is 57.4 Å². The van der Waals surface area contributed by atoms with Gasteiger partial charge in [0.05, 0.1) is 4.88 Å². The highest BCUT2D eigenvalue weighted by Gasteiger charge is 2.27. The number of hydrogen-bond acceptors (Lipinski definition) is 6. The van der Waals surface area contributed by atoms with Crippen molar-refractivity contribution in [3.05, 3.63) is 29.3 Å². The predicted molar refractivity (Wildman–Crippen MR) is 107 cm³/mol. The van der Waals surface area contributed by atoms with Crippen LogP contribution in [0.3, 0.4) is 0 Å². The average molecular weight is 406 g/mol. The number of hydrogen-bond donors (Lipinski definition) is 1. The van der Waals surface area contributed by atoms with Crippen molar-refractivity contribution >= 4 is 23.3 Å². The number of nitrogens with one attached hydrogen (secondary N) is 1. The highest BCUT2D eigenvalue weighted by atomic mass is 32.1. The van der Waals surface area contributed by atoms with E-state index in [1.165, 1.54) is 11.3 Å². The number of piperidine rings is 1. The van der Waals surface area contributed by atoms with E-state index >= 15 is 0 Å². The zero-order valence-electron chi connectivity index (χ0n) is 16.6. The Morgan fingerprint density at radius 2 is 2.25 bits per heavy atom. The number of nitrogens with zero attached hydrogens (tertiary/aromatic N) is 2. The van der Waals surface area contributed by atoms with Gasteiger partial charge in [0.2, 0.25) is 0 Å². The molecule has 8 heteroatoms. The van der Waals surface area contributed by atoms with Gasteiger partial charge in [-0.2, -0.15) is 0 Å². The minimum Gasteiger partial charge on any atom is -0.444 e. The van der Waals surface area contributed by atoms with E-state index in [9.17, 15) is 9.59 Å². The molecule has 1 atom stereocenters. The molecule has 2 aromatic heterocycles. The molecule has 0 spiro atoms. The summed E-state index contributed by atoms with van der Waals surface area (Å²) >= 11 is 1.54. The van der Waals surface area contributed by atoms with Crippen molar-refractivity contribution in [1.29, 1.82) is 0 Å². The smallest absolute Gasteiger partial charge is 0.410 e. The van der Waals surface area contributed by atoms with Crippen LogP contribution in [0.1, 0.15) is 50.5 Å². The molecular formula is C20H27N3O4S. The van der Waals surface area contributed by atoms with E-state index in [4.69, 9.17) is 9.26 Å². The van der Waals surface area contributed by atoms with Crippen LogP contribution in [-0.4, -0.2) is 47.3 Å². The maximum Gasteiger partial charge on any atom is 0.410 e. The quantitative estimate of drug-likeness (QED) is 0.807. The monoisotopic (exact) mass is 405 g/mol. The summed E-state index contributed by atoms with van der Waals surface area (Å²) < 4.78 is 10.7. The highest BCUT2D eigenvalue weighted by molar-refractivity contribution is 7.13. The Balaban J connectivity index is 1.44. The van der Waals surface area contributed by atoms with Gasteiger partial charge in [0.15, 0.2) is 11.5 Å². The fraction of sp³-hybridized carbons (Fsp3) is 0.550. The van der Waals surface area contributed by atoms with Crippen LogP contribution >= 0.6 is 11.3 Å². The van der Waals surface area contributed by atoms with Crippen molar-refractivity contribution in [3.63, 3.8) is 0 Å². The molecule has 0 aliphatic carbocycles. The van der Waals surface area contributed by atoms with Gasteiger partial charge in [0.25, 0.3) is 5.91 Å². The van der Waals surface area contributed by atoms with Crippen molar-refractivity contribution in [1.82, 2.24) is 15.4 Å². The molecule has 2 amide bonds. The molecule has 3 rings (SSSR count). The Labute approximate surface area is 169 Å². The normalized spacial score (nSPS) is 17.4. The molecule has 1 saturated heterocycles. The van der Waals surface area contributed by atoms with Gasteiger partial charge in [0.1, 0.15) is 5.60 Å².